The van der Waals surface area contributed by atoms with Crippen LogP contribution in [-0.4, -0.2) is 28.3 Å². The summed E-state index contributed by atoms with van der Waals surface area (Å²) in [5, 5.41) is 21.6. The maximum atomic E-state index is 12.9. The van der Waals surface area contributed by atoms with E-state index in [-0.39, 0.29) is 18.0 Å². The van der Waals surface area contributed by atoms with Crippen molar-refractivity contribution in [2.45, 2.75) is 12.3 Å². The molecule has 0 spiro atoms. The van der Waals surface area contributed by atoms with Gasteiger partial charge >= 0.3 is 0 Å². The number of amides is 1. The summed E-state index contributed by atoms with van der Waals surface area (Å²) in [6.07, 6.45) is 0.113. The van der Waals surface area contributed by atoms with Crippen LogP contribution in [0.4, 0.5) is 11.4 Å². The number of anilines is 1. The van der Waals surface area contributed by atoms with E-state index in [1.54, 1.807) is 17.0 Å². The molecule has 9 heteroatoms. The topological polar surface area (TPSA) is 90.5 Å². The molecule has 1 fully saturated rings. The number of carbonyl (C=O) groups excluding carboxylic acids is 1. The Bertz CT molecular complexity index is 1060. The van der Waals surface area contributed by atoms with Crippen molar-refractivity contribution in [1.29, 1.82) is 5.26 Å². The molecule has 4 rings (SSSR count). The first-order valence-electron chi connectivity index (χ1n) is 8.80. The van der Waals surface area contributed by atoms with E-state index in [9.17, 15) is 20.2 Å². The Morgan fingerprint density at radius 1 is 1.24 bits per heavy atom. The van der Waals surface area contributed by atoms with Gasteiger partial charge in [-0.3, -0.25) is 19.8 Å². The first-order valence-corrected chi connectivity index (χ1v) is 10.6. The van der Waals surface area contributed by atoms with Gasteiger partial charge in [-0.2, -0.15) is 5.26 Å². The van der Waals surface area contributed by atoms with Crippen LogP contribution >= 0.6 is 27.7 Å². The van der Waals surface area contributed by atoms with Gasteiger partial charge in [0, 0.05) is 34.6 Å². The molecular formula is C20H15BrN4O3S. The highest BCUT2D eigenvalue weighted by Gasteiger charge is 2.38. The van der Waals surface area contributed by atoms with Crippen molar-refractivity contribution < 1.29 is 9.72 Å². The van der Waals surface area contributed by atoms with Gasteiger partial charge in [-0.1, -0.05) is 39.8 Å². The van der Waals surface area contributed by atoms with Crippen LogP contribution in [-0.2, 0) is 4.79 Å². The number of benzene rings is 2. The first-order chi connectivity index (χ1) is 14.0. The molecule has 2 aromatic rings. The summed E-state index contributed by atoms with van der Waals surface area (Å²) in [6.45, 7) is 0.371. The van der Waals surface area contributed by atoms with Crippen LogP contribution < -0.4 is 4.90 Å². The maximum absolute atomic E-state index is 12.9. The standard InChI is InChI=1S/C20H15BrN4O3S/c21-14-4-6-15(7-5-14)23-11-24-19(26)9-17(18(10-22)20(24)29-12-23)13-2-1-3-16(8-13)25(27)28/h1-8,17H,9,11-12H2/t17-/m1/s1. The molecule has 0 bridgehead atoms. The van der Waals surface area contributed by atoms with Crippen molar-refractivity contribution in [1.82, 2.24) is 4.90 Å². The first kappa shape index (κ1) is 19.5. The number of allylic oxidation sites excluding steroid dienone is 1. The summed E-state index contributed by atoms with van der Waals surface area (Å²) in [5.74, 6) is 0.0447. The van der Waals surface area contributed by atoms with Gasteiger partial charge in [0.2, 0.25) is 5.91 Å². The normalized spacial score (nSPS) is 19.0. The molecule has 1 atom stereocenters. The third kappa shape index (κ3) is 3.73. The van der Waals surface area contributed by atoms with Crippen molar-refractivity contribution in [3.8, 4) is 6.07 Å². The van der Waals surface area contributed by atoms with Crippen LogP contribution in [0.5, 0.6) is 0 Å². The van der Waals surface area contributed by atoms with E-state index in [0.29, 0.717) is 28.7 Å². The average molecular weight is 471 g/mol. The van der Waals surface area contributed by atoms with Crippen LogP contribution in [0.3, 0.4) is 0 Å². The quantitative estimate of drug-likeness (QED) is 0.481. The summed E-state index contributed by atoms with van der Waals surface area (Å²) in [5.41, 5.74) is 2.06. The van der Waals surface area contributed by atoms with Crippen LogP contribution in [0.2, 0.25) is 0 Å². The van der Waals surface area contributed by atoms with Gasteiger partial charge in [0.05, 0.1) is 34.1 Å². The number of rotatable bonds is 3. The fourth-order valence-corrected chi connectivity index (χ4v) is 4.95. The predicted molar refractivity (Wildman–Crippen MR) is 114 cm³/mol. The lowest BCUT2D eigenvalue weighted by Crippen LogP contribution is -2.47. The molecule has 29 heavy (non-hydrogen) atoms. The molecule has 2 aromatic carbocycles. The van der Waals surface area contributed by atoms with Gasteiger partial charge in [0.1, 0.15) is 0 Å². The van der Waals surface area contributed by atoms with E-state index in [1.165, 1.54) is 23.9 Å². The van der Waals surface area contributed by atoms with Crippen molar-refractivity contribution >= 4 is 45.0 Å². The second-order valence-electron chi connectivity index (χ2n) is 6.69. The summed E-state index contributed by atoms with van der Waals surface area (Å²) < 4.78 is 0.979. The Hall–Kier alpha value is -2.83. The number of thioether (sulfide) groups is 1. The zero-order valence-corrected chi connectivity index (χ0v) is 17.5. The Balaban J connectivity index is 1.67. The van der Waals surface area contributed by atoms with Crippen LogP contribution in [0, 0.1) is 21.4 Å². The van der Waals surface area contributed by atoms with Crippen LogP contribution in [0.15, 0.2) is 63.6 Å². The van der Waals surface area contributed by atoms with Crippen molar-refractivity contribution in [3.05, 3.63) is 79.3 Å². The Kier molecular flexibility index (Phi) is 5.30. The smallest absolute Gasteiger partial charge is 0.269 e. The molecule has 0 aromatic heterocycles. The number of carbonyl (C=O) groups is 1. The van der Waals surface area contributed by atoms with Gasteiger partial charge < -0.3 is 4.90 Å². The van der Waals surface area contributed by atoms with Gasteiger partial charge in [-0.15, -0.1) is 0 Å². The van der Waals surface area contributed by atoms with Gasteiger partial charge in [0.15, 0.2) is 0 Å². The zero-order chi connectivity index (χ0) is 20.5. The van der Waals surface area contributed by atoms with Crippen molar-refractivity contribution in [3.63, 3.8) is 0 Å². The third-order valence-corrected chi connectivity index (χ3v) is 6.65. The van der Waals surface area contributed by atoms with Crippen LogP contribution in [0.25, 0.3) is 0 Å². The van der Waals surface area contributed by atoms with Gasteiger partial charge in [-0.05, 0) is 29.8 Å². The van der Waals surface area contributed by atoms with E-state index < -0.39 is 10.8 Å². The molecule has 1 saturated heterocycles. The van der Waals surface area contributed by atoms with Crippen LogP contribution in [0.1, 0.15) is 17.9 Å². The molecule has 2 aliphatic rings. The Labute approximate surface area is 179 Å². The summed E-state index contributed by atoms with van der Waals surface area (Å²) >= 11 is 4.86. The number of non-ortho nitro benzene ring substituents is 1. The molecular weight excluding hydrogens is 456 g/mol. The van der Waals surface area contributed by atoms with E-state index in [2.05, 4.69) is 26.9 Å². The minimum absolute atomic E-state index is 0.0441. The molecule has 146 valence electrons. The number of hydrogen-bond donors (Lipinski definition) is 0. The fourth-order valence-electron chi connectivity index (χ4n) is 3.52. The maximum Gasteiger partial charge on any atom is 0.269 e. The Morgan fingerprint density at radius 2 is 2.00 bits per heavy atom. The summed E-state index contributed by atoms with van der Waals surface area (Å²) in [4.78, 5) is 27.3. The monoisotopic (exact) mass is 470 g/mol. The number of nitriles is 1. The molecule has 7 nitrogen and oxygen atoms in total. The fraction of sp³-hybridized carbons (Fsp3) is 0.200. The average Bonchev–Trinajstić information content (AvgIpc) is 2.74. The lowest BCUT2D eigenvalue weighted by molar-refractivity contribution is -0.384. The number of nitro groups is 1. The van der Waals surface area contributed by atoms with E-state index in [4.69, 9.17) is 0 Å². The van der Waals surface area contributed by atoms with Gasteiger partial charge in [-0.25, -0.2) is 0 Å². The minimum Gasteiger partial charge on any atom is -0.344 e. The third-order valence-electron chi connectivity index (χ3n) is 4.97. The lowest BCUT2D eigenvalue weighted by Gasteiger charge is -2.42. The predicted octanol–water partition coefficient (Wildman–Crippen LogP) is 4.58. The lowest BCUT2D eigenvalue weighted by atomic mass is 9.86. The highest BCUT2D eigenvalue weighted by Crippen LogP contribution is 2.43. The SMILES string of the molecule is N#CC1=C2SCN(c3ccc(Br)cc3)CN2C(=O)C[C@@H]1c1cccc([N+](=O)[O-])c1. The molecule has 0 N–H and O–H groups in total. The van der Waals surface area contributed by atoms with E-state index >= 15 is 0 Å². The number of nitro benzene ring substituents is 1. The molecule has 0 radical (unpaired) electrons. The zero-order valence-electron chi connectivity index (χ0n) is 15.1. The largest absolute Gasteiger partial charge is 0.344 e. The number of halogens is 1. The minimum atomic E-state index is -0.467. The molecule has 0 saturated carbocycles. The molecule has 0 unspecified atom stereocenters. The van der Waals surface area contributed by atoms with E-state index in [0.717, 1.165) is 10.2 Å². The molecule has 2 heterocycles. The molecule has 1 amide bonds. The van der Waals surface area contributed by atoms with E-state index in [1.807, 2.05) is 24.3 Å². The van der Waals surface area contributed by atoms with Gasteiger partial charge in [0.25, 0.3) is 5.69 Å². The molecule has 2 aliphatic heterocycles. The number of fused-ring (bicyclic) bond motifs is 1. The highest BCUT2D eigenvalue weighted by molar-refractivity contribution is 9.10. The van der Waals surface area contributed by atoms with Crippen molar-refractivity contribution in [2.75, 3.05) is 17.4 Å². The highest BCUT2D eigenvalue weighted by atomic mass is 79.9. The second-order valence-corrected chi connectivity index (χ2v) is 8.54. The summed E-state index contributed by atoms with van der Waals surface area (Å²) in [6, 6.07) is 16.3. The molecule has 0 aliphatic carbocycles. The number of nitrogens with zero attached hydrogens (tertiary/aromatic N) is 4. The Morgan fingerprint density at radius 3 is 2.69 bits per heavy atom. The second kappa shape index (κ2) is 7.89. The number of hydrogen-bond acceptors (Lipinski definition) is 6. The summed E-state index contributed by atoms with van der Waals surface area (Å²) in [7, 11) is 0. The van der Waals surface area contributed by atoms with Crippen molar-refractivity contribution in [2.24, 2.45) is 0 Å².